The molecule has 5 heteroatoms. The van der Waals surface area contributed by atoms with E-state index in [9.17, 15) is 9.59 Å². The molecule has 0 bridgehead atoms. The van der Waals surface area contributed by atoms with Crippen LogP contribution in [0, 0.1) is 0 Å². The molecule has 1 atom stereocenters. The van der Waals surface area contributed by atoms with Crippen molar-refractivity contribution in [2.75, 3.05) is 26.2 Å². The first-order chi connectivity index (χ1) is 13.7. The lowest BCUT2D eigenvalue weighted by Gasteiger charge is -2.27. The fourth-order valence-corrected chi connectivity index (χ4v) is 4.88. The third-order valence-electron chi connectivity index (χ3n) is 6.48. The fourth-order valence-electron chi connectivity index (χ4n) is 4.88. The van der Waals surface area contributed by atoms with E-state index in [-0.39, 0.29) is 11.8 Å². The molecule has 4 rings (SSSR count). The van der Waals surface area contributed by atoms with Gasteiger partial charge in [0.25, 0.3) is 11.8 Å². The van der Waals surface area contributed by atoms with Gasteiger partial charge in [-0.25, -0.2) is 0 Å². The molecule has 2 aliphatic heterocycles. The minimum Gasteiger partial charge on any atom is -0.348 e. The molecule has 3 aliphatic rings. The van der Waals surface area contributed by atoms with E-state index in [1.807, 2.05) is 23.1 Å². The molecule has 0 spiro atoms. The number of allylic oxidation sites excluding steroid dienone is 1. The average Bonchev–Trinajstić information content (AvgIpc) is 3.31. The highest BCUT2D eigenvalue weighted by molar-refractivity contribution is 6.04. The van der Waals surface area contributed by atoms with Crippen molar-refractivity contribution < 1.29 is 9.59 Å². The fraction of sp³-hybridized carbons (Fsp3) is 0.565. The van der Waals surface area contributed by atoms with Crippen LogP contribution in [-0.4, -0.2) is 53.8 Å². The van der Waals surface area contributed by atoms with Gasteiger partial charge in [0.15, 0.2) is 0 Å². The monoisotopic (exact) mass is 381 g/mol. The molecule has 1 aromatic carbocycles. The second-order valence-electron chi connectivity index (χ2n) is 8.23. The van der Waals surface area contributed by atoms with E-state index in [1.165, 1.54) is 24.8 Å². The summed E-state index contributed by atoms with van der Waals surface area (Å²) in [5.41, 5.74) is 3.57. The Labute approximate surface area is 167 Å². The van der Waals surface area contributed by atoms with Crippen molar-refractivity contribution in [3.8, 4) is 0 Å². The van der Waals surface area contributed by atoms with Crippen LogP contribution in [0.4, 0.5) is 0 Å². The number of nitrogens with one attached hydrogen (secondary N) is 1. The largest absolute Gasteiger partial charge is 0.348 e. The van der Waals surface area contributed by atoms with Gasteiger partial charge in [0.2, 0.25) is 0 Å². The molecule has 0 radical (unpaired) electrons. The van der Waals surface area contributed by atoms with Crippen molar-refractivity contribution in [2.45, 2.75) is 58.0 Å². The summed E-state index contributed by atoms with van der Waals surface area (Å²) in [6, 6.07) is 6.00. The van der Waals surface area contributed by atoms with Crippen molar-refractivity contribution in [3.05, 3.63) is 46.5 Å². The summed E-state index contributed by atoms with van der Waals surface area (Å²) < 4.78 is 0. The number of likely N-dealkylation sites (tertiary alicyclic amines) is 1. The topological polar surface area (TPSA) is 52.6 Å². The van der Waals surface area contributed by atoms with Gasteiger partial charge in [-0.2, -0.15) is 0 Å². The predicted molar refractivity (Wildman–Crippen MR) is 110 cm³/mol. The van der Waals surface area contributed by atoms with Crippen LogP contribution in [0.3, 0.4) is 0 Å². The molecule has 2 heterocycles. The molecule has 2 amide bonds. The average molecular weight is 382 g/mol. The molecule has 1 aromatic rings. The summed E-state index contributed by atoms with van der Waals surface area (Å²) >= 11 is 0. The number of nitrogens with zero attached hydrogens (tertiary/aromatic N) is 2. The lowest BCUT2D eigenvalue weighted by Crippen LogP contribution is -2.40. The van der Waals surface area contributed by atoms with Gasteiger partial charge >= 0.3 is 0 Å². The highest BCUT2D eigenvalue weighted by atomic mass is 16.2. The molecule has 0 unspecified atom stereocenters. The normalized spacial score (nSPS) is 22.3. The van der Waals surface area contributed by atoms with Crippen molar-refractivity contribution in [2.24, 2.45) is 0 Å². The molecular weight excluding hydrogens is 350 g/mol. The van der Waals surface area contributed by atoms with E-state index in [0.717, 1.165) is 44.5 Å². The van der Waals surface area contributed by atoms with Crippen LogP contribution in [-0.2, 0) is 6.54 Å². The van der Waals surface area contributed by atoms with E-state index in [2.05, 4.69) is 23.2 Å². The summed E-state index contributed by atoms with van der Waals surface area (Å²) in [4.78, 5) is 30.1. The zero-order valence-electron chi connectivity index (χ0n) is 16.9. The maximum absolute atomic E-state index is 12.9. The van der Waals surface area contributed by atoms with Gasteiger partial charge in [0.1, 0.15) is 0 Å². The van der Waals surface area contributed by atoms with Crippen molar-refractivity contribution in [1.82, 2.24) is 15.1 Å². The van der Waals surface area contributed by atoms with Gasteiger partial charge < -0.3 is 10.2 Å². The van der Waals surface area contributed by atoms with Crippen molar-refractivity contribution in [3.63, 3.8) is 0 Å². The van der Waals surface area contributed by atoms with Crippen molar-refractivity contribution >= 4 is 11.8 Å². The molecule has 5 nitrogen and oxygen atoms in total. The van der Waals surface area contributed by atoms with Crippen LogP contribution in [0.15, 0.2) is 29.8 Å². The Balaban J connectivity index is 1.44. The molecule has 0 saturated carbocycles. The van der Waals surface area contributed by atoms with Crippen molar-refractivity contribution in [1.29, 1.82) is 0 Å². The summed E-state index contributed by atoms with van der Waals surface area (Å²) in [5, 5.41) is 3.07. The summed E-state index contributed by atoms with van der Waals surface area (Å²) in [6.45, 7) is 6.27. The number of likely N-dealkylation sites (N-methyl/N-ethyl adjacent to an activating group) is 1. The minimum atomic E-state index is -0.0611. The highest BCUT2D eigenvalue weighted by Gasteiger charge is 2.34. The predicted octanol–water partition coefficient (Wildman–Crippen LogP) is 3.36. The van der Waals surface area contributed by atoms with E-state index in [1.54, 1.807) is 0 Å². The number of benzene rings is 1. The van der Waals surface area contributed by atoms with Gasteiger partial charge in [0, 0.05) is 36.8 Å². The number of hydrogen-bond acceptors (Lipinski definition) is 3. The number of carbonyl (C=O) groups excluding carboxylic acids is 2. The molecule has 1 N–H and O–H groups in total. The molecule has 150 valence electrons. The Bertz CT molecular complexity index is 786. The second-order valence-corrected chi connectivity index (χ2v) is 8.23. The molecular formula is C23H31N3O2. The van der Waals surface area contributed by atoms with Gasteiger partial charge in [-0.3, -0.25) is 14.5 Å². The quantitative estimate of drug-likeness (QED) is 0.769. The number of amides is 2. The molecule has 28 heavy (non-hydrogen) atoms. The Morgan fingerprint density at radius 2 is 2.14 bits per heavy atom. The van der Waals surface area contributed by atoms with Gasteiger partial charge in [0.05, 0.1) is 0 Å². The number of rotatable bonds is 6. The minimum absolute atomic E-state index is 0.0611. The molecule has 1 aliphatic carbocycles. The molecule has 0 aromatic heterocycles. The first-order valence-electron chi connectivity index (χ1n) is 10.8. The molecule has 1 fully saturated rings. The van der Waals surface area contributed by atoms with Gasteiger partial charge in [-0.15, -0.1) is 0 Å². The maximum Gasteiger partial charge on any atom is 0.254 e. The van der Waals surface area contributed by atoms with E-state index >= 15 is 0 Å². The van der Waals surface area contributed by atoms with Crippen LogP contribution in [0.5, 0.6) is 0 Å². The van der Waals surface area contributed by atoms with E-state index in [4.69, 9.17) is 0 Å². The smallest absolute Gasteiger partial charge is 0.254 e. The molecule has 1 saturated heterocycles. The number of hydrogen-bond donors (Lipinski definition) is 1. The zero-order valence-corrected chi connectivity index (χ0v) is 16.9. The summed E-state index contributed by atoms with van der Waals surface area (Å²) in [7, 11) is 0. The Hall–Kier alpha value is -2.14. The van der Waals surface area contributed by atoms with Crippen LogP contribution in [0.1, 0.15) is 71.7 Å². The first-order valence-corrected chi connectivity index (χ1v) is 10.8. The second kappa shape index (κ2) is 8.48. The zero-order chi connectivity index (χ0) is 19.5. The maximum atomic E-state index is 12.9. The Morgan fingerprint density at radius 1 is 1.25 bits per heavy atom. The lowest BCUT2D eigenvalue weighted by atomic mass is 9.99. The first kappa shape index (κ1) is 19.2. The van der Waals surface area contributed by atoms with Gasteiger partial charge in [-0.05, 0) is 69.3 Å². The van der Waals surface area contributed by atoms with Gasteiger partial charge in [-0.1, -0.05) is 24.6 Å². The van der Waals surface area contributed by atoms with Crippen LogP contribution in [0.25, 0.3) is 0 Å². The number of fused-ring (bicyclic) bond motifs is 1. The summed E-state index contributed by atoms with van der Waals surface area (Å²) in [6.07, 6.45) is 9.26. The Morgan fingerprint density at radius 3 is 2.93 bits per heavy atom. The van der Waals surface area contributed by atoms with E-state index in [0.29, 0.717) is 30.3 Å². The van der Waals surface area contributed by atoms with E-state index < -0.39 is 0 Å². The summed E-state index contributed by atoms with van der Waals surface area (Å²) in [5.74, 6) is 0.0108. The number of carbonyl (C=O) groups is 2. The standard InChI is InChI=1S/C23H31N3O2/c1-2-25-13-7-10-18(25)15-26-16-21-19(11-6-12-20(21)23(26)28)22(27)24-14-17-8-4-3-5-9-17/h6,8,11-12,18H,2-5,7,9-10,13-16H2,1H3,(H,24,27)/t18-/m0/s1. The third kappa shape index (κ3) is 3.86. The van der Waals surface area contributed by atoms with Crippen LogP contribution in [0.2, 0.25) is 0 Å². The lowest BCUT2D eigenvalue weighted by molar-refractivity contribution is 0.0730. The SMILES string of the molecule is CCN1CCC[C@H]1CN1Cc2c(C(=O)NCC3=CCCCC3)cccc2C1=O. The highest BCUT2D eigenvalue weighted by Crippen LogP contribution is 2.28. The Kier molecular flexibility index (Phi) is 5.81. The van der Waals surface area contributed by atoms with Crippen LogP contribution < -0.4 is 5.32 Å². The van der Waals surface area contributed by atoms with Crippen LogP contribution >= 0.6 is 0 Å². The third-order valence-corrected chi connectivity index (χ3v) is 6.48.